The van der Waals surface area contributed by atoms with E-state index in [1.807, 2.05) is 0 Å². The molecule has 7 atom stereocenters. The highest BCUT2D eigenvalue weighted by Gasteiger charge is 2.58. The first kappa shape index (κ1) is 20.3. The molecule has 5 nitrogen and oxygen atoms in total. The SMILES string of the molecule is CC12CCC3C4CCC(O)(C(F)F)CC4=CCC3C1CCC2C(=O)Cn1nccn1. The van der Waals surface area contributed by atoms with Crippen LogP contribution >= 0.6 is 0 Å². The van der Waals surface area contributed by atoms with Crippen LogP contribution in [0.15, 0.2) is 24.0 Å². The molecule has 0 saturated heterocycles. The molecule has 1 aromatic rings. The van der Waals surface area contributed by atoms with Crippen molar-refractivity contribution in [2.24, 2.45) is 35.0 Å². The van der Waals surface area contributed by atoms with Crippen molar-refractivity contribution in [3.63, 3.8) is 0 Å². The van der Waals surface area contributed by atoms with E-state index in [0.717, 1.165) is 37.7 Å². The Hall–Kier alpha value is -1.63. The average Bonchev–Trinajstić information content (AvgIpc) is 3.34. The fourth-order valence-corrected chi connectivity index (χ4v) is 7.61. The molecule has 0 amide bonds. The molecule has 7 heteroatoms. The number of alkyl halides is 2. The quantitative estimate of drug-likeness (QED) is 0.748. The van der Waals surface area contributed by atoms with Crippen LogP contribution in [0.4, 0.5) is 8.78 Å². The maximum Gasteiger partial charge on any atom is 0.267 e. The predicted molar refractivity (Wildman–Crippen MR) is 107 cm³/mol. The second-order valence-corrected chi connectivity index (χ2v) is 10.4. The molecule has 4 aliphatic rings. The molecule has 1 N–H and O–H groups in total. The molecule has 3 fully saturated rings. The third kappa shape index (κ3) is 3.07. The van der Waals surface area contributed by atoms with Gasteiger partial charge in [-0.2, -0.15) is 15.0 Å². The van der Waals surface area contributed by atoms with Gasteiger partial charge in [0.25, 0.3) is 6.43 Å². The van der Waals surface area contributed by atoms with Gasteiger partial charge in [0.1, 0.15) is 12.1 Å². The number of carbonyl (C=O) groups excluding carboxylic acids is 1. The summed E-state index contributed by atoms with van der Waals surface area (Å²) in [6.07, 6.45) is 8.61. The number of hydrogen-bond donors (Lipinski definition) is 1. The van der Waals surface area contributed by atoms with E-state index in [1.165, 1.54) is 4.80 Å². The minimum Gasteiger partial charge on any atom is -0.384 e. The Bertz CT molecular complexity index is 842. The van der Waals surface area contributed by atoms with Crippen molar-refractivity contribution in [2.75, 3.05) is 0 Å². The summed E-state index contributed by atoms with van der Waals surface area (Å²) in [7, 11) is 0. The van der Waals surface area contributed by atoms with Gasteiger partial charge in [-0.3, -0.25) is 4.79 Å². The number of rotatable bonds is 4. The fourth-order valence-electron chi connectivity index (χ4n) is 7.61. The van der Waals surface area contributed by atoms with E-state index in [0.29, 0.717) is 30.1 Å². The molecule has 7 unspecified atom stereocenters. The molecule has 0 aliphatic heterocycles. The largest absolute Gasteiger partial charge is 0.384 e. The summed E-state index contributed by atoms with van der Waals surface area (Å²) in [4.78, 5) is 14.6. The molecule has 164 valence electrons. The number of fused-ring (bicyclic) bond motifs is 5. The number of carbonyl (C=O) groups is 1. The number of nitrogens with zero attached hydrogens (tertiary/aromatic N) is 3. The number of allylic oxidation sites excluding steroid dienone is 1. The Morgan fingerprint density at radius 3 is 2.70 bits per heavy atom. The minimum atomic E-state index is -2.68. The number of aliphatic hydroxyl groups is 1. The molecule has 0 spiro atoms. The third-order valence-corrected chi connectivity index (χ3v) is 9.10. The smallest absolute Gasteiger partial charge is 0.267 e. The van der Waals surface area contributed by atoms with Crippen LogP contribution in [0, 0.1) is 35.0 Å². The second kappa shape index (κ2) is 7.21. The number of aromatic nitrogens is 3. The Kier molecular flexibility index (Phi) is 4.88. The molecular formula is C23H31F2N3O2. The summed E-state index contributed by atoms with van der Waals surface area (Å²) in [5, 5.41) is 18.5. The number of halogens is 2. The van der Waals surface area contributed by atoms with Crippen LogP contribution in [0.5, 0.6) is 0 Å². The van der Waals surface area contributed by atoms with E-state index in [9.17, 15) is 18.7 Å². The molecule has 1 heterocycles. The van der Waals surface area contributed by atoms with E-state index < -0.39 is 12.0 Å². The molecule has 0 radical (unpaired) electrons. The highest BCUT2D eigenvalue weighted by Crippen LogP contribution is 2.63. The summed E-state index contributed by atoms with van der Waals surface area (Å²) >= 11 is 0. The van der Waals surface area contributed by atoms with Gasteiger partial charge in [0.2, 0.25) is 0 Å². The van der Waals surface area contributed by atoms with Crippen LogP contribution in [0.3, 0.4) is 0 Å². The molecular weight excluding hydrogens is 388 g/mol. The number of ketones is 1. The Labute approximate surface area is 175 Å². The predicted octanol–water partition coefficient (Wildman–Crippen LogP) is 4.03. The molecule has 0 aromatic carbocycles. The summed E-state index contributed by atoms with van der Waals surface area (Å²) < 4.78 is 26.7. The maximum atomic E-state index is 13.4. The Morgan fingerprint density at radius 2 is 1.97 bits per heavy atom. The molecule has 30 heavy (non-hydrogen) atoms. The minimum absolute atomic E-state index is 0.00905. The van der Waals surface area contributed by atoms with Crippen LogP contribution in [0.2, 0.25) is 0 Å². The standard InChI is InChI=1S/C23H31F2N3O2/c1-22-8-6-16-15-7-9-23(30,21(24)25)12-14(15)2-3-17(16)18(22)4-5-19(22)20(29)13-28-26-10-11-27-28/h2,10-11,15-19,21,30H,3-9,12-13H2,1H3. The zero-order valence-electron chi connectivity index (χ0n) is 17.5. The first-order valence-electron chi connectivity index (χ1n) is 11.4. The van der Waals surface area contributed by atoms with E-state index in [4.69, 9.17) is 0 Å². The molecule has 4 aliphatic carbocycles. The van der Waals surface area contributed by atoms with Crippen LogP contribution in [0.25, 0.3) is 0 Å². The maximum absolute atomic E-state index is 13.4. The van der Waals surface area contributed by atoms with E-state index >= 15 is 0 Å². The van der Waals surface area contributed by atoms with Gasteiger partial charge in [0, 0.05) is 12.3 Å². The molecule has 1 aromatic heterocycles. The van der Waals surface area contributed by atoms with Gasteiger partial charge in [-0.15, -0.1) is 0 Å². The fraction of sp³-hybridized carbons (Fsp3) is 0.783. The lowest BCUT2D eigenvalue weighted by molar-refractivity contribution is -0.131. The summed E-state index contributed by atoms with van der Waals surface area (Å²) in [5.74, 6) is 2.15. The van der Waals surface area contributed by atoms with E-state index in [-0.39, 0.29) is 36.5 Å². The average molecular weight is 420 g/mol. The number of Topliss-reactive ketones (excluding diaryl/α,β-unsaturated/α-hetero) is 1. The monoisotopic (exact) mass is 419 g/mol. The first-order valence-corrected chi connectivity index (χ1v) is 11.4. The van der Waals surface area contributed by atoms with Crippen molar-refractivity contribution >= 4 is 5.78 Å². The van der Waals surface area contributed by atoms with Gasteiger partial charge in [-0.1, -0.05) is 18.6 Å². The van der Waals surface area contributed by atoms with Gasteiger partial charge in [0.05, 0.1) is 12.4 Å². The van der Waals surface area contributed by atoms with Gasteiger partial charge in [-0.05, 0) is 74.0 Å². The van der Waals surface area contributed by atoms with Crippen LogP contribution in [0.1, 0.15) is 58.3 Å². The van der Waals surface area contributed by atoms with Crippen LogP contribution in [-0.2, 0) is 11.3 Å². The van der Waals surface area contributed by atoms with Gasteiger partial charge >= 0.3 is 0 Å². The van der Waals surface area contributed by atoms with Crippen molar-refractivity contribution in [2.45, 2.75) is 76.9 Å². The summed E-state index contributed by atoms with van der Waals surface area (Å²) in [6, 6.07) is 0. The van der Waals surface area contributed by atoms with E-state index in [2.05, 4.69) is 23.2 Å². The highest BCUT2D eigenvalue weighted by molar-refractivity contribution is 5.82. The third-order valence-electron chi connectivity index (χ3n) is 9.10. The van der Waals surface area contributed by atoms with Gasteiger partial charge < -0.3 is 5.11 Å². The van der Waals surface area contributed by atoms with Crippen LogP contribution in [-0.4, -0.2) is 37.9 Å². The molecule has 3 saturated carbocycles. The van der Waals surface area contributed by atoms with Gasteiger partial charge in [0.15, 0.2) is 5.78 Å². The Morgan fingerprint density at radius 1 is 1.20 bits per heavy atom. The molecule has 0 bridgehead atoms. The normalized spacial score (nSPS) is 43.0. The van der Waals surface area contributed by atoms with Crippen LogP contribution < -0.4 is 0 Å². The number of hydrogen-bond acceptors (Lipinski definition) is 4. The van der Waals surface area contributed by atoms with Crippen molar-refractivity contribution in [1.82, 2.24) is 15.0 Å². The topological polar surface area (TPSA) is 68.0 Å². The Balaban J connectivity index is 1.34. The molecule has 5 rings (SSSR count). The first-order chi connectivity index (χ1) is 14.3. The summed E-state index contributed by atoms with van der Waals surface area (Å²) in [6.45, 7) is 2.54. The lowest BCUT2D eigenvalue weighted by atomic mass is 9.51. The zero-order valence-corrected chi connectivity index (χ0v) is 17.5. The summed E-state index contributed by atoms with van der Waals surface area (Å²) in [5.41, 5.74) is -0.775. The second-order valence-electron chi connectivity index (χ2n) is 10.4. The highest BCUT2D eigenvalue weighted by atomic mass is 19.3. The van der Waals surface area contributed by atoms with Gasteiger partial charge in [-0.25, -0.2) is 8.78 Å². The van der Waals surface area contributed by atoms with Crippen molar-refractivity contribution in [3.8, 4) is 0 Å². The van der Waals surface area contributed by atoms with Crippen molar-refractivity contribution in [3.05, 3.63) is 24.0 Å². The van der Waals surface area contributed by atoms with Crippen molar-refractivity contribution in [1.29, 1.82) is 0 Å². The lowest BCUT2D eigenvalue weighted by Gasteiger charge is -2.54. The van der Waals surface area contributed by atoms with E-state index in [1.54, 1.807) is 12.4 Å². The lowest BCUT2D eigenvalue weighted by Crippen LogP contribution is -2.50. The zero-order chi connectivity index (χ0) is 21.1. The van der Waals surface area contributed by atoms with Crippen molar-refractivity contribution < 1.29 is 18.7 Å².